The third-order valence-electron chi connectivity index (χ3n) is 3.62. The van der Waals surface area contributed by atoms with E-state index in [0.29, 0.717) is 0 Å². The average molecular weight is 246 g/mol. The summed E-state index contributed by atoms with van der Waals surface area (Å²) in [7, 11) is 0. The molecule has 1 aliphatic rings. The zero-order valence-electron chi connectivity index (χ0n) is 11.4. The van der Waals surface area contributed by atoms with Crippen LogP contribution in [0.15, 0.2) is 18.2 Å². The van der Waals surface area contributed by atoms with E-state index in [0.717, 1.165) is 25.1 Å². The molecule has 0 fully saturated rings. The summed E-state index contributed by atoms with van der Waals surface area (Å²) >= 11 is 0. The van der Waals surface area contributed by atoms with Crippen molar-refractivity contribution in [2.45, 2.75) is 39.7 Å². The van der Waals surface area contributed by atoms with Gasteiger partial charge in [0, 0.05) is 12.2 Å². The van der Waals surface area contributed by atoms with Gasteiger partial charge in [-0.1, -0.05) is 31.5 Å². The standard InChI is InChI=1S/C15H22N2O/c1-10(2)14(16)15(18)17-8-4-5-12-9-11(3)6-7-13(12)17/h6-7,9-10,14H,4-5,8,16H2,1-3H3. The normalized spacial score (nSPS) is 16.6. The molecular formula is C15H22N2O. The number of nitrogens with two attached hydrogens (primary N) is 1. The Bertz CT molecular complexity index is 454. The highest BCUT2D eigenvalue weighted by Gasteiger charge is 2.27. The van der Waals surface area contributed by atoms with E-state index < -0.39 is 6.04 Å². The summed E-state index contributed by atoms with van der Waals surface area (Å²) in [6.07, 6.45) is 2.07. The van der Waals surface area contributed by atoms with Gasteiger partial charge in [0.05, 0.1) is 6.04 Å². The van der Waals surface area contributed by atoms with Crippen molar-refractivity contribution in [1.82, 2.24) is 0 Å². The molecule has 2 N–H and O–H groups in total. The zero-order chi connectivity index (χ0) is 13.3. The Kier molecular flexibility index (Phi) is 3.71. The van der Waals surface area contributed by atoms with E-state index in [1.54, 1.807) is 0 Å². The SMILES string of the molecule is Cc1ccc2c(c1)CCCN2C(=O)C(N)C(C)C. The van der Waals surface area contributed by atoms with Crippen molar-refractivity contribution in [3.8, 4) is 0 Å². The molecule has 3 heteroatoms. The molecule has 0 spiro atoms. The molecule has 18 heavy (non-hydrogen) atoms. The molecule has 1 atom stereocenters. The summed E-state index contributed by atoms with van der Waals surface area (Å²) in [5.74, 6) is 0.225. The zero-order valence-corrected chi connectivity index (χ0v) is 11.4. The van der Waals surface area contributed by atoms with Crippen molar-refractivity contribution in [1.29, 1.82) is 0 Å². The Morgan fingerprint density at radius 2 is 2.11 bits per heavy atom. The summed E-state index contributed by atoms with van der Waals surface area (Å²) in [4.78, 5) is 14.3. The molecule has 3 nitrogen and oxygen atoms in total. The molecule has 0 saturated carbocycles. The van der Waals surface area contributed by atoms with Crippen LogP contribution in [0.3, 0.4) is 0 Å². The summed E-state index contributed by atoms with van der Waals surface area (Å²) in [5, 5.41) is 0. The number of amides is 1. The number of aryl methyl sites for hydroxylation is 2. The first-order valence-corrected chi connectivity index (χ1v) is 6.67. The van der Waals surface area contributed by atoms with E-state index in [2.05, 4.69) is 25.1 Å². The topological polar surface area (TPSA) is 46.3 Å². The lowest BCUT2D eigenvalue weighted by Crippen LogP contribution is -2.48. The lowest BCUT2D eigenvalue weighted by atomic mass is 9.97. The van der Waals surface area contributed by atoms with Crippen molar-refractivity contribution < 1.29 is 4.79 Å². The number of nitrogens with zero attached hydrogens (tertiary/aromatic N) is 1. The van der Waals surface area contributed by atoms with Gasteiger partial charge in [-0.15, -0.1) is 0 Å². The van der Waals surface area contributed by atoms with Crippen molar-refractivity contribution in [2.24, 2.45) is 11.7 Å². The van der Waals surface area contributed by atoms with Crippen molar-refractivity contribution in [3.63, 3.8) is 0 Å². The predicted octanol–water partition coefficient (Wildman–Crippen LogP) is 2.26. The van der Waals surface area contributed by atoms with Crippen LogP contribution < -0.4 is 10.6 Å². The maximum atomic E-state index is 12.4. The monoisotopic (exact) mass is 246 g/mol. The lowest BCUT2D eigenvalue weighted by molar-refractivity contribution is -0.120. The summed E-state index contributed by atoms with van der Waals surface area (Å²) < 4.78 is 0. The van der Waals surface area contributed by atoms with E-state index >= 15 is 0 Å². The first-order valence-electron chi connectivity index (χ1n) is 6.67. The van der Waals surface area contributed by atoms with Crippen LogP contribution in [0.5, 0.6) is 0 Å². The maximum Gasteiger partial charge on any atom is 0.244 e. The minimum Gasteiger partial charge on any atom is -0.320 e. The number of hydrogen-bond acceptors (Lipinski definition) is 2. The number of anilines is 1. The second-order valence-electron chi connectivity index (χ2n) is 5.50. The summed E-state index contributed by atoms with van der Waals surface area (Å²) in [5.41, 5.74) is 9.55. The van der Waals surface area contributed by atoms with Crippen LogP contribution in [0, 0.1) is 12.8 Å². The molecule has 0 radical (unpaired) electrons. The number of fused-ring (bicyclic) bond motifs is 1. The maximum absolute atomic E-state index is 12.4. The molecule has 1 aliphatic heterocycles. The second kappa shape index (κ2) is 5.11. The van der Waals surface area contributed by atoms with Crippen LogP contribution in [0.1, 0.15) is 31.4 Å². The molecule has 0 saturated heterocycles. The third kappa shape index (κ3) is 2.41. The molecule has 1 aromatic carbocycles. The number of carbonyl (C=O) groups excluding carboxylic acids is 1. The molecule has 0 bridgehead atoms. The van der Waals surface area contributed by atoms with Crippen LogP contribution in [0.2, 0.25) is 0 Å². The van der Waals surface area contributed by atoms with Gasteiger partial charge in [-0.3, -0.25) is 4.79 Å². The Labute approximate surface area is 109 Å². The highest BCUT2D eigenvalue weighted by molar-refractivity contribution is 5.98. The lowest BCUT2D eigenvalue weighted by Gasteiger charge is -2.32. The molecule has 1 amide bonds. The largest absolute Gasteiger partial charge is 0.320 e. The molecule has 98 valence electrons. The van der Waals surface area contributed by atoms with Gasteiger partial charge >= 0.3 is 0 Å². The molecule has 0 aliphatic carbocycles. The quantitative estimate of drug-likeness (QED) is 0.870. The molecule has 1 heterocycles. The van der Waals surface area contributed by atoms with E-state index in [1.165, 1.54) is 11.1 Å². The minimum absolute atomic E-state index is 0.0507. The van der Waals surface area contributed by atoms with Crippen LogP contribution in [-0.2, 0) is 11.2 Å². The number of hydrogen-bond donors (Lipinski definition) is 1. The van der Waals surface area contributed by atoms with Crippen molar-refractivity contribution in [3.05, 3.63) is 29.3 Å². The van der Waals surface area contributed by atoms with Crippen LogP contribution in [-0.4, -0.2) is 18.5 Å². The van der Waals surface area contributed by atoms with E-state index in [1.807, 2.05) is 18.7 Å². The highest BCUT2D eigenvalue weighted by atomic mass is 16.2. The highest BCUT2D eigenvalue weighted by Crippen LogP contribution is 2.28. The number of benzene rings is 1. The molecule has 2 rings (SSSR count). The van der Waals surface area contributed by atoms with Gasteiger partial charge in [0.1, 0.15) is 0 Å². The van der Waals surface area contributed by atoms with Crippen LogP contribution in [0.4, 0.5) is 5.69 Å². The van der Waals surface area contributed by atoms with Gasteiger partial charge in [0.15, 0.2) is 0 Å². The van der Waals surface area contributed by atoms with E-state index in [4.69, 9.17) is 5.73 Å². The number of carbonyl (C=O) groups is 1. The smallest absolute Gasteiger partial charge is 0.244 e. The Hall–Kier alpha value is -1.35. The van der Waals surface area contributed by atoms with E-state index in [9.17, 15) is 4.79 Å². The fourth-order valence-corrected chi connectivity index (χ4v) is 2.42. The molecular weight excluding hydrogens is 224 g/mol. The molecule has 1 unspecified atom stereocenters. The van der Waals surface area contributed by atoms with Crippen molar-refractivity contribution in [2.75, 3.05) is 11.4 Å². The Morgan fingerprint density at radius 3 is 2.78 bits per heavy atom. The fourth-order valence-electron chi connectivity index (χ4n) is 2.42. The Balaban J connectivity index is 2.30. The Morgan fingerprint density at radius 1 is 1.39 bits per heavy atom. The average Bonchev–Trinajstić information content (AvgIpc) is 2.35. The van der Waals surface area contributed by atoms with E-state index in [-0.39, 0.29) is 11.8 Å². The van der Waals surface area contributed by atoms with Gasteiger partial charge in [0.2, 0.25) is 5.91 Å². The van der Waals surface area contributed by atoms with Gasteiger partial charge in [0.25, 0.3) is 0 Å². The molecule has 0 aromatic heterocycles. The van der Waals surface area contributed by atoms with Crippen molar-refractivity contribution >= 4 is 11.6 Å². The minimum atomic E-state index is -0.405. The second-order valence-corrected chi connectivity index (χ2v) is 5.50. The van der Waals surface area contributed by atoms with Crippen LogP contribution >= 0.6 is 0 Å². The number of rotatable bonds is 2. The molecule has 1 aromatic rings. The van der Waals surface area contributed by atoms with Crippen LogP contribution in [0.25, 0.3) is 0 Å². The predicted molar refractivity (Wildman–Crippen MR) is 74.7 cm³/mol. The summed E-state index contributed by atoms with van der Waals surface area (Å²) in [6.45, 7) is 6.85. The third-order valence-corrected chi connectivity index (χ3v) is 3.62. The van der Waals surface area contributed by atoms with Gasteiger partial charge in [-0.2, -0.15) is 0 Å². The van der Waals surface area contributed by atoms with Gasteiger partial charge in [-0.25, -0.2) is 0 Å². The fraction of sp³-hybridized carbons (Fsp3) is 0.533. The van der Waals surface area contributed by atoms with Gasteiger partial charge < -0.3 is 10.6 Å². The first-order chi connectivity index (χ1) is 8.50. The first kappa shape index (κ1) is 13.1. The van der Waals surface area contributed by atoms with Gasteiger partial charge in [-0.05, 0) is 37.3 Å². The summed E-state index contributed by atoms with van der Waals surface area (Å²) in [6, 6.07) is 5.88.